The summed E-state index contributed by atoms with van der Waals surface area (Å²) in [7, 11) is 0. The molecule has 1 aromatic rings. The fraction of sp³-hybridized carbons (Fsp3) is 0. The van der Waals surface area contributed by atoms with E-state index in [0.717, 1.165) is 6.20 Å². The second-order valence-electron chi connectivity index (χ2n) is 1.04. The van der Waals surface area contributed by atoms with Gasteiger partial charge in [0.15, 0.2) is 5.03 Å². The molecule has 0 radical (unpaired) electrons. The molecule has 0 saturated heterocycles. The molecule has 44 valence electrons. The summed E-state index contributed by atoms with van der Waals surface area (Å²) >= 11 is -2.25. The van der Waals surface area contributed by atoms with Gasteiger partial charge < -0.3 is 4.55 Å². The summed E-state index contributed by atoms with van der Waals surface area (Å²) < 4.78 is 19.9. The van der Waals surface area contributed by atoms with Gasteiger partial charge in [0.05, 0.1) is 6.20 Å². The number of rotatable bonds is 1. The fourth-order valence-corrected chi connectivity index (χ4v) is 0.526. The predicted octanol–water partition coefficient (Wildman–Crippen LogP) is -0.957. The first-order chi connectivity index (χ1) is 3.80. The molecule has 0 aliphatic heterocycles. The van der Waals surface area contributed by atoms with E-state index < -0.39 is 11.1 Å². The molecule has 0 spiro atoms. The van der Waals surface area contributed by atoms with Crippen LogP contribution < -0.4 is 0 Å². The van der Waals surface area contributed by atoms with Gasteiger partial charge in [-0.15, -0.1) is 5.10 Å². The van der Waals surface area contributed by atoms with Crippen molar-refractivity contribution >= 4 is 11.1 Å². The van der Waals surface area contributed by atoms with Crippen LogP contribution in [0, 0.1) is 0 Å². The number of hydrogen-bond donors (Lipinski definition) is 1. The van der Waals surface area contributed by atoms with Crippen LogP contribution in [0.3, 0.4) is 0 Å². The summed E-state index contributed by atoms with van der Waals surface area (Å²) in [5.41, 5.74) is 0. The molecular weight excluding hydrogens is 130 g/mol. The van der Waals surface area contributed by atoms with Crippen molar-refractivity contribution < 1.29 is 8.76 Å². The van der Waals surface area contributed by atoms with Crippen LogP contribution in [0.15, 0.2) is 11.2 Å². The molecule has 0 aliphatic carbocycles. The number of aromatic amines is 1. The summed E-state index contributed by atoms with van der Waals surface area (Å²) in [4.78, 5) is 0. The van der Waals surface area contributed by atoms with Crippen LogP contribution in [0.4, 0.5) is 0 Å². The third kappa shape index (κ3) is 0.903. The van der Waals surface area contributed by atoms with E-state index in [4.69, 9.17) is 0 Å². The second-order valence-corrected chi connectivity index (χ2v) is 1.93. The van der Waals surface area contributed by atoms with E-state index in [9.17, 15) is 8.76 Å². The van der Waals surface area contributed by atoms with Gasteiger partial charge in [0.2, 0.25) is 0 Å². The molecule has 0 amide bonds. The minimum absolute atomic E-state index is 0.0648. The van der Waals surface area contributed by atoms with E-state index in [-0.39, 0.29) is 5.03 Å². The van der Waals surface area contributed by atoms with Crippen LogP contribution in [0.5, 0.6) is 0 Å². The lowest BCUT2D eigenvalue weighted by molar-refractivity contribution is 0.533. The van der Waals surface area contributed by atoms with Gasteiger partial charge in [-0.25, -0.2) is 0 Å². The van der Waals surface area contributed by atoms with Crippen molar-refractivity contribution in [1.29, 1.82) is 0 Å². The third-order valence-corrected chi connectivity index (χ3v) is 1.10. The summed E-state index contributed by atoms with van der Waals surface area (Å²) in [5, 5.41) is 8.63. The summed E-state index contributed by atoms with van der Waals surface area (Å²) in [6.45, 7) is 0. The van der Waals surface area contributed by atoms with Crippen LogP contribution in [-0.4, -0.2) is 24.2 Å². The maximum absolute atomic E-state index is 9.94. The van der Waals surface area contributed by atoms with Gasteiger partial charge in [-0.2, -0.15) is 10.3 Å². The zero-order valence-corrected chi connectivity index (χ0v) is 4.51. The Balaban J connectivity index is 2.93. The topological polar surface area (TPSA) is 81.7 Å². The highest BCUT2D eigenvalue weighted by Crippen LogP contribution is 1.91. The number of hydrogen-bond acceptors (Lipinski definition) is 4. The highest BCUT2D eigenvalue weighted by atomic mass is 32.2. The van der Waals surface area contributed by atoms with Crippen LogP contribution in [0.2, 0.25) is 0 Å². The van der Waals surface area contributed by atoms with Gasteiger partial charge in [0.25, 0.3) is 0 Å². The lowest BCUT2D eigenvalue weighted by Crippen LogP contribution is -1.87. The van der Waals surface area contributed by atoms with Crippen molar-refractivity contribution in [1.82, 2.24) is 15.4 Å². The van der Waals surface area contributed by atoms with E-state index in [1.807, 2.05) is 0 Å². The van der Waals surface area contributed by atoms with Gasteiger partial charge in [0.1, 0.15) is 0 Å². The molecule has 8 heavy (non-hydrogen) atoms. The van der Waals surface area contributed by atoms with Gasteiger partial charge in [0, 0.05) is 11.1 Å². The lowest BCUT2D eigenvalue weighted by Gasteiger charge is -1.94. The van der Waals surface area contributed by atoms with Crippen molar-refractivity contribution in [2.75, 3.05) is 0 Å². The Bertz CT molecular complexity index is 183. The highest BCUT2D eigenvalue weighted by Gasteiger charge is 1.90. The number of nitrogens with one attached hydrogen (secondary N) is 1. The Hall–Kier alpha value is -0.750. The minimum atomic E-state index is -2.25. The Kier molecular flexibility index (Phi) is 1.36. The highest BCUT2D eigenvalue weighted by molar-refractivity contribution is 7.79. The Morgan fingerprint density at radius 3 is 2.88 bits per heavy atom. The van der Waals surface area contributed by atoms with Crippen molar-refractivity contribution in [3.8, 4) is 0 Å². The SMILES string of the molecule is O=S([O-])c1cn[nH]n1. The predicted molar refractivity (Wildman–Crippen MR) is 23.6 cm³/mol. The van der Waals surface area contributed by atoms with Gasteiger partial charge in [-0.3, -0.25) is 4.21 Å². The molecule has 6 heteroatoms. The molecule has 1 heterocycles. The van der Waals surface area contributed by atoms with E-state index >= 15 is 0 Å². The molecule has 5 nitrogen and oxygen atoms in total. The Labute approximate surface area is 47.4 Å². The molecule has 1 aromatic heterocycles. The number of aromatic nitrogens is 3. The molecule has 1 N–H and O–H groups in total. The molecular formula is C2H2N3O2S-. The fourth-order valence-electron chi connectivity index (χ4n) is 0.271. The van der Waals surface area contributed by atoms with Crippen LogP contribution in [-0.2, 0) is 11.1 Å². The van der Waals surface area contributed by atoms with E-state index in [1.165, 1.54) is 0 Å². The first-order valence-corrected chi connectivity index (χ1v) is 2.83. The lowest BCUT2D eigenvalue weighted by atomic mass is 11.0. The summed E-state index contributed by atoms with van der Waals surface area (Å²) in [6.07, 6.45) is 1.13. The van der Waals surface area contributed by atoms with Crippen molar-refractivity contribution in [3.63, 3.8) is 0 Å². The molecule has 1 rings (SSSR count). The Morgan fingerprint density at radius 2 is 2.62 bits per heavy atom. The normalized spacial score (nSPS) is 13.6. The Morgan fingerprint density at radius 1 is 1.88 bits per heavy atom. The van der Waals surface area contributed by atoms with Crippen LogP contribution in [0.1, 0.15) is 0 Å². The zero-order chi connectivity index (χ0) is 5.98. The van der Waals surface area contributed by atoms with Crippen molar-refractivity contribution in [3.05, 3.63) is 6.20 Å². The standard InChI is InChI=1S/C2H3N3O2S/c6-8(7)2-1-3-5-4-2/h1H,(H,6,7)(H,3,4,5)/p-1. The maximum Gasteiger partial charge on any atom is 0.155 e. The number of H-pyrrole nitrogens is 1. The quantitative estimate of drug-likeness (QED) is 0.499. The monoisotopic (exact) mass is 132 g/mol. The second kappa shape index (κ2) is 2.01. The summed E-state index contributed by atoms with van der Waals surface area (Å²) in [5.74, 6) is 0. The largest absolute Gasteiger partial charge is 0.767 e. The molecule has 0 bridgehead atoms. The van der Waals surface area contributed by atoms with Crippen LogP contribution in [0.25, 0.3) is 0 Å². The number of nitrogens with zero attached hydrogens (tertiary/aromatic N) is 2. The molecule has 1 atom stereocenters. The third-order valence-electron chi connectivity index (χ3n) is 0.564. The maximum atomic E-state index is 9.94. The average Bonchev–Trinajstić information content (AvgIpc) is 2.12. The molecule has 0 fully saturated rings. The summed E-state index contributed by atoms with van der Waals surface area (Å²) in [6, 6.07) is 0. The van der Waals surface area contributed by atoms with Gasteiger partial charge in [-0.05, 0) is 0 Å². The van der Waals surface area contributed by atoms with E-state index in [0.29, 0.717) is 0 Å². The van der Waals surface area contributed by atoms with E-state index in [1.54, 1.807) is 0 Å². The first kappa shape index (κ1) is 5.39. The van der Waals surface area contributed by atoms with Crippen LogP contribution >= 0.6 is 0 Å². The minimum Gasteiger partial charge on any atom is -0.767 e. The first-order valence-electron chi connectivity index (χ1n) is 1.76. The van der Waals surface area contributed by atoms with E-state index in [2.05, 4.69) is 15.4 Å². The smallest absolute Gasteiger partial charge is 0.155 e. The van der Waals surface area contributed by atoms with Gasteiger partial charge in [-0.1, -0.05) is 0 Å². The molecule has 1 unspecified atom stereocenters. The molecule has 0 aliphatic rings. The van der Waals surface area contributed by atoms with Crippen molar-refractivity contribution in [2.24, 2.45) is 0 Å². The molecule has 0 saturated carbocycles. The average molecular weight is 132 g/mol. The van der Waals surface area contributed by atoms with Gasteiger partial charge >= 0.3 is 0 Å². The van der Waals surface area contributed by atoms with Crippen molar-refractivity contribution in [2.45, 2.75) is 5.03 Å². The zero-order valence-electron chi connectivity index (χ0n) is 3.70. The molecule has 0 aromatic carbocycles.